The van der Waals surface area contributed by atoms with Gasteiger partial charge in [-0.2, -0.15) is 0 Å². The number of Topliss-reactive ketones (excluding diaryl/α,β-unsaturated/α-hetero) is 1. The van der Waals surface area contributed by atoms with Crippen molar-refractivity contribution in [3.63, 3.8) is 0 Å². The summed E-state index contributed by atoms with van der Waals surface area (Å²) in [5, 5.41) is 9.88. The number of ketones is 1. The molecule has 0 amide bonds. The van der Waals surface area contributed by atoms with E-state index in [0.717, 1.165) is 5.56 Å². The standard InChI is InChI=1S/C21H20ClN3O3/c1-13(12-26)9-19(27)18-10-17(14-3-5-15(22)6-4-14)24-21(25-18)16-11-23-8-7-20(16)28-2/h3-8,10-11,13,26H,9,12H2,1-2H3/t13-/m1/s1. The molecule has 144 valence electrons. The molecule has 0 aliphatic carbocycles. The van der Waals surface area contributed by atoms with Crippen LogP contribution in [0.25, 0.3) is 22.6 Å². The highest BCUT2D eigenvalue weighted by atomic mass is 35.5. The van der Waals surface area contributed by atoms with Gasteiger partial charge in [0, 0.05) is 36.0 Å². The number of benzene rings is 1. The quantitative estimate of drug-likeness (QED) is 0.605. The molecule has 0 unspecified atom stereocenters. The number of carbonyl (C=O) groups is 1. The van der Waals surface area contributed by atoms with Gasteiger partial charge in [-0.1, -0.05) is 30.7 Å². The Bertz CT molecular complexity index is 977. The van der Waals surface area contributed by atoms with Gasteiger partial charge in [-0.05, 0) is 30.2 Å². The van der Waals surface area contributed by atoms with Crippen LogP contribution >= 0.6 is 11.6 Å². The molecule has 0 bridgehead atoms. The fourth-order valence-corrected chi connectivity index (χ4v) is 2.82. The lowest BCUT2D eigenvalue weighted by Gasteiger charge is -2.12. The van der Waals surface area contributed by atoms with E-state index in [4.69, 9.17) is 16.3 Å². The number of halogens is 1. The van der Waals surface area contributed by atoms with Crippen molar-refractivity contribution in [3.8, 4) is 28.4 Å². The summed E-state index contributed by atoms with van der Waals surface area (Å²) in [7, 11) is 1.55. The maximum Gasteiger partial charge on any atom is 0.181 e. The van der Waals surface area contributed by atoms with E-state index < -0.39 is 0 Å². The summed E-state index contributed by atoms with van der Waals surface area (Å²) in [5.74, 6) is 0.587. The summed E-state index contributed by atoms with van der Waals surface area (Å²) < 4.78 is 5.39. The largest absolute Gasteiger partial charge is 0.496 e. The number of aromatic nitrogens is 3. The second-order valence-corrected chi connectivity index (χ2v) is 6.90. The number of aliphatic hydroxyl groups is 1. The predicted molar refractivity (Wildman–Crippen MR) is 107 cm³/mol. The summed E-state index contributed by atoms with van der Waals surface area (Å²) in [6.45, 7) is 1.74. The molecule has 1 N–H and O–H groups in total. The summed E-state index contributed by atoms with van der Waals surface area (Å²) in [6.07, 6.45) is 3.40. The number of rotatable bonds is 7. The van der Waals surface area contributed by atoms with Crippen LogP contribution in [0, 0.1) is 5.92 Å². The van der Waals surface area contributed by atoms with Gasteiger partial charge in [0.05, 0.1) is 18.4 Å². The number of carbonyl (C=O) groups excluding carboxylic acids is 1. The van der Waals surface area contributed by atoms with Crippen LogP contribution in [0.2, 0.25) is 5.02 Å². The van der Waals surface area contributed by atoms with Crippen molar-refractivity contribution in [2.45, 2.75) is 13.3 Å². The van der Waals surface area contributed by atoms with Gasteiger partial charge in [0.1, 0.15) is 11.4 Å². The van der Waals surface area contributed by atoms with Crippen molar-refractivity contribution in [3.05, 3.63) is 59.5 Å². The molecule has 2 aromatic heterocycles. The Morgan fingerprint density at radius 1 is 1.21 bits per heavy atom. The van der Waals surface area contributed by atoms with Gasteiger partial charge in [0.25, 0.3) is 0 Å². The Morgan fingerprint density at radius 3 is 2.64 bits per heavy atom. The fraction of sp³-hybridized carbons (Fsp3) is 0.238. The van der Waals surface area contributed by atoms with Crippen LogP contribution in [0.15, 0.2) is 48.8 Å². The minimum Gasteiger partial charge on any atom is -0.496 e. The van der Waals surface area contributed by atoms with E-state index in [-0.39, 0.29) is 30.4 Å². The van der Waals surface area contributed by atoms with Gasteiger partial charge in [-0.15, -0.1) is 0 Å². The van der Waals surface area contributed by atoms with Crippen molar-refractivity contribution >= 4 is 17.4 Å². The molecule has 28 heavy (non-hydrogen) atoms. The molecule has 1 atom stereocenters. The van der Waals surface area contributed by atoms with E-state index in [0.29, 0.717) is 27.9 Å². The molecule has 0 aliphatic heterocycles. The zero-order chi connectivity index (χ0) is 20.1. The van der Waals surface area contributed by atoms with Crippen LogP contribution < -0.4 is 4.74 Å². The highest BCUT2D eigenvalue weighted by Crippen LogP contribution is 2.29. The molecule has 3 aromatic rings. The zero-order valence-electron chi connectivity index (χ0n) is 15.6. The van der Waals surface area contributed by atoms with Gasteiger partial charge < -0.3 is 9.84 Å². The normalized spacial score (nSPS) is 11.9. The van der Waals surface area contributed by atoms with Crippen LogP contribution in [0.3, 0.4) is 0 Å². The van der Waals surface area contributed by atoms with Gasteiger partial charge in [0.15, 0.2) is 11.6 Å². The SMILES string of the molecule is COc1ccncc1-c1nc(C(=O)C[C@@H](C)CO)cc(-c2ccc(Cl)cc2)n1. The van der Waals surface area contributed by atoms with Crippen LogP contribution in [0.4, 0.5) is 0 Å². The van der Waals surface area contributed by atoms with Crippen molar-refractivity contribution in [1.29, 1.82) is 0 Å². The Balaban J connectivity index is 2.13. The lowest BCUT2D eigenvalue weighted by Crippen LogP contribution is -2.12. The summed E-state index contributed by atoms with van der Waals surface area (Å²) in [5.41, 5.74) is 2.26. The van der Waals surface area contributed by atoms with Gasteiger partial charge in [0.2, 0.25) is 0 Å². The molecule has 1 aromatic carbocycles. The highest BCUT2D eigenvalue weighted by Gasteiger charge is 2.18. The van der Waals surface area contributed by atoms with Crippen molar-refractivity contribution < 1.29 is 14.6 Å². The van der Waals surface area contributed by atoms with Gasteiger partial charge in [-0.3, -0.25) is 9.78 Å². The van der Waals surface area contributed by atoms with E-state index in [9.17, 15) is 9.90 Å². The smallest absolute Gasteiger partial charge is 0.181 e. The summed E-state index contributed by atoms with van der Waals surface area (Å²) >= 11 is 5.99. The van der Waals surface area contributed by atoms with E-state index in [1.807, 2.05) is 19.1 Å². The first kappa shape index (κ1) is 19.9. The minimum absolute atomic E-state index is 0.0653. The van der Waals surface area contributed by atoms with Crippen LogP contribution in [0.5, 0.6) is 5.75 Å². The Labute approximate surface area is 168 Å². The zero-order valence-corrected chi connectivity index (χ0v) is 16.3. The van der Waals surface area contributed by atoms with Crippen LogP contribution in [0.1, 0.15) is 23.8 Å². The lowest BCUT2D eigenvalue weighted by atomic mass is 10.0. The Morgan fingerprint density at radius 2 is 1.96 bits per heavy atom. The van der Waals surface area contributed by atoms with Crippen molar-refractivity contribution in [1.82, 2.24) is 15.0 Å². The molecular formula is C21H20ClN3O3. The lowest BCUT2D eigenvalue weighted by molar-refractivity contribution is 0.0938. The number of hydrogen-bond acceptors (Lipinski definition) is 6. The summed E-state index contributed by atoms with van der Waals surface area (Å²) in [4.78, 5) is 25.9. The third-order valence-electron chi connectivity index (χ3n) is 4.24. The molecule has 7 heteroatoms. The number of methoxy groups -OCH3 is 1. The first-order chi connectivity index (χ1) is 13.5. The van der Waals surface area contributed by atoms with Crippen LogP contribution in [-0.4, -0.2) is 39.6 Å². The molecule has 0 saturated carbocycles. The third-order valence-corrected chi connectivity index (χ3v) is 4.49. The first-order valence-electron chi connectivity index (χ1n) is 8.79. The predicted octanol–water partition coefficient (Wildman–Crippen LogP) is 4.07. The number of aliphatic hydroxyl groups excluding tert-OH is 1. The molecule has 2 heterocycles. The molecule has 0 spiro atoms. The number of pyridine rings is 1. The van der Waals surface area contributed by atoms with E-state index in [1.54, 1.807) is 43.8 Å². The molecule has 0 saturated heterocycles. The number of nitrogens with zero attached hydrogens (tertiary/aromatic N) is 3. The Hall–Kier alpha value is -2.83. The maximum absolute atomic E-state index is 12.7. The molecule has 3 rings (SSSR count). The topological polar surface area (TPSA) is 85.2 Å². The Kier molecular flexibility index (Phi) is 6.34. The highest BCUT2D eigenvalue weighted by molar-refractivity contribution is 6.30. The minimum atomic E-state index is -0.164. The van der Waals surface area contributed by atoms with E-state index in [2.05, 4.69) is 15.0 Å². The van der Waals surface area contributed by atoms with Gasteiger partial charge in [-0.25, -0.2) is 9.97 Å². The average Bonchev–Trinajstić information content (AvgIpc) is 2.73. The van der Waals surface area contributed by atoms with E-state index >= 15 is 0 Å². The van der Waals surface area contributed by atoms with E-state index in [1.165, 1.54) is 0 Å². The third kappa shape index (κ3) is 4.52. The molecule has 0 fully saturated rings. The molecule has 0 aliphatic rings. The van der Waals surface area contributed by atoms with Crippen molar-refractivity contribution in [2.24, 2.45) is 5.92 Å². The van der Waals surface area contributed by atoms with Gasteiger partial charge >= 0.3 is 0 Å². The number of ether oxygens (including phenoxy) is 1. The molecule has 0 radical (unpaired) electrons. The molecule has 6 nitrogen and oxygen atoms in total. The molecular weight excluding hydrogens is 378 g/mol. The maximum atomic E-state index is 12.7. The second-order valence-electron chi connectivity index (χ2n) is 6.46. The average molecular weight is 398 g/mol. The van der Waals surface area contributed by atoms with Crippen LogP contribution in [-0.2, 0) is 0 Å². The number of hydrogen-bond donors (Lipinski definition) is 1. The summed E-state index contributed by atoms with van der Waals surface area (Å²) in [6, 6.07) is 10.6. The second kappa shape index (κ2) is 8.91. The monoisotopic (exact) mass is 397 g/mol. The first-order valence-corrected chi connectivity index (χ1v) is 9.17. The fourth-order valence-electron chi connectivity index (χ4n) is 2.69. The van der Waals surface area contributed by atoms with Crippen molar-refractivity contribution in [2.75, 3.05) is 13.7 Å².